The summed E-state index contributed by atoms with van der Waals surface area (Å²) in [6.07, 6.45) is 3.51. The molecule has 2 heterocycles. The molecule has 1 unspecified atom stereocenters. The second-order valence-corrected chi connectivity index (χ2v) is 5.56. The Hall–Kier alpha value is -2.17. The summed E-state index contributed by atoms with van der Waals surface area (Å²) in [6, 6.07) is 7.62. The number of fused-ring (bicyclic) bond motifs is 1. The van der Waals surface area contributed by atoms with Crippen LogP contribution in [0.3, 0.4) is 0 Å². The molecule has 1 aromatic carbocycles. The minimum Gasteiger partial charge on any atom is -0.475 e. The van der Waals surface area contributed by atoms with Crippen LogP contribution in [0.15, 0.2) is 24.3 Å². The topological polar surface area (TPSA) is 66.3 Å². The van der Waals surface area contributed by atoms with Gasteiger partial charge < -0.3 is 10.0 Å². The number of piperidine rings is 1. The highest BCUT2D eigenvalue weighted by atomic mass is 16.4. The Morgan fingerprint density at radius 2 is 2.19 bits per heavy atom. The Kier molecular flexibility index (Phi) is 3.73. The molecule has 5 nitrogen and oxygen atoms in total. The molecule has 1 aliphatic heterocycles. The first-order valence-corrected chi connectivity index (χ1v) is 7.44. The largest absolute Gasteiger partial charge is 0.475 e. The van der Waals surface area contributed by atoms with E-state index in [1.54, 1.807) is 0 Å². The normalized spacial score (nSPS) is 18.9. The Morgan fingerprint density at radius 3 is 2.95 bits per heavy atom. The van der Waals surface area contributed by atoms with Crippen LogP contribution in [0.4, 0.5) is 5.82 Å². The van der Waals surface area contributed by atoms with Crippen molar-refractivity contribution in [1.29, 1.82) is 0 Å². The number of hydrogen-bond donors (Lipinski definition) is 1. The van der Waals surface area contributed by atoms with E-state index < -0.39 is 5.97 Å². The van der Waals surface area contributed by atoms with Gasteiger partial charge in [-0.2, -0.15) is 0 Å². The number of nitrogens with zero attached hydrogens (tertiary/aromatic N) is 3. The molecule has 1 N–H and O–H groups in total. The molecular weight excluding hydrogens is 266 g/mol. The van der Waals surface area contributed by atoms with Gasteiger partial charge in [-0.25, -0.2) is 14.8 Å². The number of para-hydroxylation sites is 1. The number of carboxylic acid groups (broad SMARTS) is 1. The summed E-state index contributed by atoms with van der Waals surface area (Å²) in [5.41, 5.74) is 0.693. The smallest absolute Gasteiger partial charge is 0.374 e. The standard InChI is InChI=1S/C16H19N3O2/c1-2-11-6-5-9-19(10-11)15-12-7-3-4-8-13(12)17-14(18-15)16(20)21/h3-4,7-8,11H,2,5-6,9-10H2,1H3,(H,20,21). The van der Waals surface area contributed by atoms with E-state index in [9.17, 15) is 9.90 Å². The van der Waals surface area contributed by atoms with Gasteiger partial charge in [0.05, 0.1) is 5.52 Å². The molecule has 0 radical (unpaired) electrons. The summed E-state index contributed by atoms with van der Waals surface area (Å²) < 4.78 is 0. The van der Waals surface area contributed by atoms with E-state index in [-0.39, 0.29) is 5.82 Å². The molecule has 2 aromatic rings. The third kappa shape index (κ3) is 2.68. The number of anilines is 1. The predicted octanol–water partition coefficient (Wildman–Crippen LogP) is 2.95. The molecule has 1 aromatic heterocycles. The van der Waals surface area contributed by atoms with Crippen molar-refractivity contribution in [2.24, 2.45) is 5.92 Å². The summed E-state index contributed by atoms with van der Waals surface area (Å²) in [7, 11) is 0. The number of hydrogen-bond acceptors (Lipinski definition) is 4. The first-order valence-electron chi connectivity index (χ1n) is 7.44. The lowest BCUT2D eigenvalue weighted by atomic mass is 9.95. The van der Waals surface area contributed by atoms with E-state index >= 15 is 0 Å². The fourth-order valence-electron chi connectivity index (χ4n) is 2.99. The van der Waals surface area contributed by atoms with Crippen molar-refractivity contribution < 1.29 is 9.90 Å². The fourth-order valence-corrected chi connectivity index (χ4v) is 2.99. The van der Waals surface area contributed by atoms with Crippen LogP contribution < -0.4 is 4.90 Å². The SMILES string of the molecule is CCC1CCCN(c2nc(C(=O)O)nc3ccccc23)C1. The molecule has 21 heavy (non-hydrogen) atoms. The van der Waals surface area contributed by atoms with Crippen molar-refractivity contribution in [3.8, 4) is 0 Å². The molecule has 3 rings (SSSR count). The maximum Gasteiger partial charge on any atom is 0.374 e. The Labute approximate surface area is 123 Å². The van der Waals surface area contributed by atoms with Crippen molar-refractivity contribution in [2.45, 2.75) is 26.2 Å². The van der Waals surface area contributed by atoms with E-state index in [4.69, 9.17) is 0 Å². The molecule has 1 aliphatic rings. The lowest BCUT2D eigenvalue weighted by molar-refractivity contribution is 0.0684. The average molecular weight is 285 g/mol. The Morgan fingerprint density at radius 1 is 1.38 bits per heavy atom. The lowest BCUT2D eigenvalue weighted by Crippen LogP contribution is -2.36. The van der Waals surface area contributed by atoms with Crippen LogP contribution in [0.25, 0.3) is 10.9 Å². The Bertz CT molecular complexity index is 672. The molecule has 1 atom stereocenters. The maximum absolute atomic E-state index is 11.3. The van der Waals surface area contributed by atoms with Crippen LogP contribution in [0.5, 0.6) is 0 Å². The molecule has 0 bridgehead atoms. The molecule has 1 fully saturated rings. The van der Waals surface area contributed by atoms with Crippen LogP contribution in [0.2, 0.25) is 0 Å². The zero-order chi connectivity index (χ0) is 14.8. The molecule has 110 valence electrons. The first-order chi connectivity index (χ1) is 10.2. The predicted molar refractivity (Wildman–Crippen MR) is 81.7 cm³/mol. The maximum atomic E-state index is 11.3. The summed E-state index contributed by atoms with van der Waals surface area (Å²) in [4.78, 5) is 21.9. The minimum atomic E-state index is -1.08. The highest BCUT2D eigenvalue weighted by molar-refractivity contribution is 5.93. The number of rotatable bonds is 3. The quantitative estimate of drug-likeness (QED) is 0.939. The fraction of sp³-hybridized carbons (Fsp3) is 0.438. The molecule has 0 spiro atoms. The summed E-state index contributed by atoms with van der Waals surface area (Å²) in [6.45, 7) is 4.07. The minimum absolute atomic E-state index is 0.123. The van der Waals surface area contributed by atoms with E-state index in [1.165, 1.54) is 6.42 Å². The average Bonchev–Trinajstić information content (AvgIpc) is 2.53. The molecule has 5 heteroatoms. The van der Waals surface area contributed by atoms with Crippen LogP contribution in [-0.2, 0) is 0 Å². The second kappa shape index (κ2) is 5.68. The molecule has 1 saturated heterocycles. The number of carbonyl (C=O) groups is 1. The monoisotopic (exact) mass is 285 g/mol. The van der Waals surface area contributed by atoms with Crippen LogP contribution in [0, 0.1) is 5.92 Å². The molecule has 0 aliphatic carbocycles. The third-order valence-corrected chi connectivity index (χ3v) is 4.17. The van der Waals surface area contributed by atoms with Gasteiger partial charge in [-0.1, -0.05) is 25.5 Å². The number of aromatic carboxylic acids is 1. The molecule has 0 saturated carbocycles. The summed E-state index contributed by atoms with van der Waals surface area (Å²) >= 11 is 0. The van der Waals surface area contributed by atoms with Gasteiger partial charge in [0.25, 0.3) is 0 Å². The lowest BCUT2D eigenvalue weighted by Gasteiger charge is -2.33. The first kappa shape index (κ1) is 13.8. The van der Waals surface area contributed by atoms with Crippen molar-refractivity contribution in [1.82, 2.24) is 9.97 Å². The molecular formula is C16H19N3O2. The van der Waals surface area contributed by atoms with Gasteiger partial charge >= 0.3 is 5.97 Å². The highest BCUT2D eigenvalue weighted by Gasteiger charge is 2.23. The van der Waals surface area contributed by atoms with E-state index in [0.29, 0.717) is 11.4 Å². The van der Waals surface area contributed by atoms with Crippen molar-refractivity contribution >= 4 is 22.7 Å². The summed E-state index contributed by atoms with van der Waals surface area (Å²) in [5.74, 6) is 0.213. The van der Waals surface area contributed by atoms with Crippen LogP contribution in [-0.4, -0.2) is 34.1 Å². The highest BCUT2D eigenvalue weighted by Crippen LogP contribution is 2.29. The van der Waals surface area contributed by atoms with E-state index in [2.05, 4.69) is 21.8 Å². The van der Waals surface area contributed by atoms with E-state index in [0.717, 1.165) is 37.1 Å². The van der Waals surface area contributed by atoms with Gasteiger partial charge in [0, 0.05) is 18.5 Å². The summed E-state index contributed by atoms with van der Waals surface area (Å²) in [5, 5.41) is 10.2. The van der Waals surface area contributed by atoms with Gasteiger partial charge in [0.1, 0.15) is 5.82 Å². The molecule has 0 amide bonds. The van der Waals surface area contributed by atoms with Crippen LogP contribution in [0.1, 0.15) is 36.8 Å². The number of benzene rings is 1. The van der Waals surface area contributed by atoms with Crippen molar-refractivity contribution in [2.75, 3.05) is 18.0 Å². The zero-order valence-electron chi connectivity index (χ0n) is 12.1. The zero-order valence-corrected chi connectivity index (χ0v) is 12.1. The van der Waals surface area contributed by atoms with Gasteiger partial charge in [-0.15, -0.1) is 0 Å². The van der Waals surface area contributed by atoms with Crippen molar-refractivity contribution in [3.63, 3.8) is 0 Å². The third-order valence-electron chi connectivity index (χ3n) is 4.17. The van der Waals surface area contributed by atoms with Gasteiger partial charge in [-0.3, -0.25) is 0 Å². The second-order valence-electron chi connectivity index (χ2n) is 5.56. The Balaban J connectivity index is 2.09. The van der Waals surface area contributed by atoms with Gasteiger partial charge in [-0.05, 0) is 30.9 Å². The van der Waals surface area contributed by atoms with Gasteiger partial charge in [0.2, 0.25) is 5.82 Å². The number of carboxylic acids is 1. The van der Waals surface area contributed by atoms with E-state index in [1.807, 2.05) is 24.3 Å². The van der Waals surface area contributed by atoms with Crippen LogP contribution >= 0.6 is 0 Å². The van der Waals surface area contributed by atoms with Crippen molar-refractivity contribution in [3.05, 3.63) is 30.1 Å². The van der Waals surface area contributed by atoms with Gasteiger partial charge in [0.15, 0.2) is 0 Å². The number of aromatic nitrogens is 2.